The molecule has 1 rings (SSSR count). The van der Waals surface area contributed by atoms with Crippen molar-refractivity contribution in [1.29, 1.82) is 0 Å². The first kappa shape index (κ1) is 19.7. The lowest BCUT2D eigenvalue weighted by Crippen LogP contribution is -2.36. The zero-order valence-electron chi connectivity index (χ0n) is 15.5. The lowest BCUT2D eigenvalue weighted by molar-refractivity contribution is -0.166. The van der Waals surface area contributed by atoms with E-state index in [-0.39, 0.29) is 18.1 Å². The molecule has 4 heteroatoms. The Morgan fingerprint density at radius 3 is 2.48 bits per heavy atom. The van der Waals surface area contributed by atoms with Crippen molar-refractivity contribution in [3.05, 3.63) is 11.6 Å². The van der Waals surface area contributed by atoms with E-state index in [1.54, 1.807) is 0 Å². The monoisotopic (exact) mass is 324 g/mol. The summed E-state index contributed by atoms with van der Waals surface area (Å²) in [6, 6.07) is 0. The number of rotatable bonds is 6. The maximum absolute atomic E-state index is 11.9. The summed E-state index contributed by atoms with van der Waals surface area (Å²) in [5.41, 5.74) is 1.34. The summed E-state index contributed by atoms with van der Waals surface area (Å²) in [4.78, 5) is 22.7. The van der Waals surface area contributed by atoms with E-state index < -0.39 is 11.9 Å². The number of ether oxygens (including phenoxy) is 2. The first-order valence-electron chi connectivity index (χ1n) is 8.58. The minimum atomic E-state index is -0.466. The second-order valence-electron chi connectivity index (χ2n) is 7.92. The number of hydrogen-bond donors (Lipinski definition) is 0. The van der Waals surface area contributed by atoms with Crippen LogP contribution in [0.1, 0.15) is 67.2 Å². The van der Waals surface area contributed by atoms with Gasteiger partial charge in [0, 0.05) is 6.92 Å². The van der Waals surface area contributed by atoms with Crippen LogP contribution in [0, 0.1) is 17.3 Å². The zero-order chi connectivity index (χ0) is 17.6. The lowest BCUT2D eigenvalue weighted by Gasteiger charge is -2.35. The highest BCUT2D eigenvalue weighted by Gasteiger charge is 2.32. The third-order valence-corrected chi connectivity index (χ3v) is 4.70. The van der Waals surface area contributed by atoms with Crippen molar-refractivity contribution >= 4 is 11.9 Å². The summed E-state index contributed by atoms with van der Waals surface area (Å²) >= 11 is 0. The van der Waals surface area contributed by atoms with Crippen LogP contribution >= 0.6 is 0 Å². The molecule has 0 aliphatic heterocycles. The number of esters is 2. The Balaban J connectivity index is 2.61. The summed E-state index contributed by atoms with van der Waals surface area (Å²) in [5.74, 6) is 0.208. The Bertz CT molecular complexity index is 445. The van der Waals surface area contributed by atoms with E-state index >= 15 is 0 Å². The minimum absolute atomic E-state index is 0.138. The molecule has 0 radical (unpaired) electrons. The van der Waals surface area contributed by atoms with Gasteiger partial charge in [-0.25, -0.2) is 4.79 Å². The first-order valence-corrected chi connectivity index (χ1v) is 8.58. The van der Waals surface area contributed by atoms with E-state index in [0.717, 1.165) is 12.8 Å². The Kier molecular flexibility index (Phi) is 7.30. The second-order valence-corrected chi connectivity index (χ2v) is 7.92. The van der Waals surface area contributed by atoms with Crippen LogP contribution in [0.15, 0.2) is 11.6 Å². The van der Waals surface area contributed by atoms with Gasteiger partial charge in [-0.3, -0.25) is 4.79 Å². The van der Waals surface area contributed by atoms with Gasteiger partial charge >= 0.3 is 11.9 Å². The topological polar surface area (TPSA) is 52.6 Å². The molecule has 0 aromatic rings. The predicted molar refractivity (Wildman–Crippen MR) is 90.8 cm³/mol. The molecule has 0 bridgehead atoms. The van der Waals surface area contributed by atoms with Gasteiger partial charge in [-0.1, -0.05) is 39.3 Å². The fourth-order valence-electron chi connectivity index (χ4n) is 2.96. The van der Waals surface area contributed by atoms with Crippen molar-refractivity contribution in [3.8, 4) is 0 Å². The largest absolute Gasteiger partial charge is 0.459 e. The second kappa shape index (κ2) is 8.51. The van der Waals surface area contributed by atoms with Crippen molar-refractivity contribution < 1.29 is 19.1 Å². The smallest absolute Gasteiger partial charge is 0.344 e. The molecule has 1 aliphatic rings. The summed E-state index contributed by atoms with van der Waals surface area (Å²) in [6.07, 6.45) is 6.50. The van der Waals surface area contributed by atoms with Crippen molar-refractivity contribution in [2.45, 2.75) is 73.3 Å². The first-order chi connectivity index (χ1) is 10.6. The quantitative estimate of drug-likeness (QED) is 0.540. The van der Waals surface area contributed by atoms with E-state index in [1.807, 2.05) is 0 Å². The van der Waals surface area contributed by atoms with Gasteiger partial charge in [-0.2, -0.15) is 0 Å². The van der Waals surface area contributed by atoms with Crippen LogP contribution in [0.25, 0.3) is 0 Å². The third kappa shape index (κ3) is 7.19. The molecule has 0 fully saturated rings. The van der Waals surface area contributed by atoms with Crippen LogP contribution in [0.4, 0.5) is 0 Å². The molecule has 0 amide bonds. The van der Waals surface area contributed by atoms with Crippen LogP contribution in [-0.4, -0.2) is 24.6 Å². The fourth-order valence-corrected chi connectivity index (χ4v) is 2.96. The molecule has 3 atom stereocenters. The van der Waals surface area contributed by atoms with Gasteiger partial charge in [0.05, 0.1) is 0 Å². The number of allylic oxidation sites excluding steroid dienone is 2. The van der Waals surface area contributed by atoms with Crippen molar-refractivity contribution in [3.63, 3.8) is 0 Å². The van der Waals surface area contributed by atoms with E-state index in [4.69, 9.17) is 9.47 Å². The maximum atomic E-state index is 11.9. The SMILES string of the molecule is CC(=O)OCC(=O)OC(CC(C)C1CC=C(C)CC1)C(C)(C)C. The molecule has 23 heavy (non-hydrogen) atoms. The van der Waals surface area contributed by atoms with E-state index in [1.165, 1.54) is 25.3 Å². The molecule has 0 aromatic carbocycles. The predicted octanol–water partition coefficient (Wildman–Crippen LogP) is 4.28. The van der Waals surface area contributed by atoms with Gasteiger partial charge in [0.2, 0.25) is 0 Å². The average molecular weight is 324 g/mol. The Hall–Kier alpha value is -1.32. The lowest BCUT2D eigenvalue weighted by atomic mass is 9.75. The normalized spacial score (nSPS) is 21.1. The molecule has 4 nitrogen and oxygen atoms in total. The van der Waals surface area contributed by atoms with E-state index in [0.29, 0.717) is 11.8 Å². The van der Waals surface area contributed by atoms with Crippen LogP contribution in [0.5, 0.6) is 0 Å². The van der Waals surface area contributed by atoms with E-state index in [9.17, 15) is 9.59 Å². The van der Waals surface area contributed by atoms with Crippen molar-refractivity contribution in [2.24, 2.45) is 17.3 Å². The third-order valence-electron chi connectivity index (χ3n) is 4.70. The molecule has 132 valence electrons. The van der Waals surface area contributed by atoms with Crippen LogP contribution in [-0.2, 0) is 19.1 Å². The molecule has 0 heterocycles. The van der Waals surface area contributed by atoms with Crippen molar-refractivity contribution in [2.75, 3.05) is 6.61 Å². The van der Waals surface area contributed by atoms with Crippen LogP contribution < -0.4 is 0 Å². The number of carbonyl (C=O) groups excluding carboxylic acids is 2. The van der Waals surface area contributed by atoms with Crippen LogP contribution in [0.3, 0.4) is 0 Å². The van der Waals surface area contributed by atoms with Gasteiger partial charge in [-0.15, -0.1) is 0 Å². The molecule has 0 N–H and O–H groups in total. The summed E-state index contributed by atoms with van der Waals surface area (Å²) in [6.45, 7) is 11.7. The molecule has 0 saturated carbocycles. The Morgan fingerprint density at radius 2 is 2.00 bits per heavy atom. The highest BCUT2D eigenvalue weighted by atomic mass is 16.6. The molecular formula is C19H32O4. The molecular weight excluding hydrogens is 292 g/mol. The van der Waals surface area contributed by atoms with Gasteiger partial charge in [0.25, 0.3) is 0 Å². The van der Waals surface area contributed by atoms with Gasteiger partial charge in [0.15, 0.2) is 6.61 Å². The van der Waals surface area contributed by atoms with Crippen molar-refractivity contribution in [1.82, 2.24) is 0 Å². The van der Waals surface area contributed by atoms with Crippen LogP contribution in [0.2, 0.25) is 0 Å². The number of carbonyl (C=O) groups is 2. The summed E-state index contributed by atoms with van der Waals surface area (Å²) < 4.78 is 10.3. The average Bonchev–Trinajstić information content (AvgIpc) is 2.44. The minimum Gasteiger partial charge on any atom is -0.459 e. The summed E-state index contributed by atoms with van der Waals surface area (Å²) in [5, 5.41) is 0. The molecule has 3 unspecified atom stereocenters. The van der Waals surface area contributed by atoms with Gasteiger partial charge in [-0.05, 0) is 49.9 Å². The fraction of sp³-hybridized carbons (Fsp3) is 0.789. The Labute approximate surface area is 140 Å². The molecule has 0 aromatic heterocycles. The highest BCUT2D eigenvalue weighted by Crippen LogP contribution is 2.35. The molecule has 0 saturated heterocycles. The maximum Gasteiger partial charge on any atom is 0.344 e. The Morgan fingerprint density at radius 1 is 1.35 bits per heavy atom. The van der Waals surface area contributed by atoms with E-state index in [2.05, 4.69) is 40.7 Å². The molecule has 0 spiro atoms. The summed E-state index contributed by atoms with van der Waals surface area (Å²) in [7, 11) is 0. The standard InChI is InChI=1S/C19H32O4/c1-13-7-9-16(10-8-13)14(2)11-17(19(4,5)6)23-18(21)12-22-15(3)20/h7,14,16-17H,8-12H2,1-6H3. The number of hydrogen-bond acceptors (Lipinski definition) is 4. The van der Waals surface area contributed by atoms with Gasteiger partial charge in [0.1, 0.15) is 6.10 Å². The zero-order valence-corrected chi connectivity index (χ0v) is 15.5. The molecule has 1 aliphatic carbocycles. The highest BCUT2D eigenvalue weighted by molar-refractivity contribution is 5.75. The van der Waals surface area contributed by atoms with Gasteiger partial charge < -0.3 is 9.47 Å².